The van der Waals surface area contributed by atoms with E-state index in [2.05, 4.69) is 5.32 Å². The molecule has 6 heteroatoms. The smallest absolute Gasteiger partial charge is 0.251 e. The number of nitrogens with zero attached hydrogens (tertiary/aromatic N) is 1. The van der Waals surface area contributed by atoms with Crippen molar-refractivity contribution < 1.29 is 14.3 Å². The summed E-state index contributed by atoms with van der Waals surface area (Å²) in [6, 6.07) is 6.19. The number of amides is 2. The lowest BCUT2D eigenvalue weighted by Gasteiger charge is -2.31. The lowest BCUT2D eigenvalue weighted by Crippen LogP contribution is -2.52. The minimum absolute atomic E-state index is 0.0441. The van der Waals surface area contributed by atoms with Gasteiger partial charge in [-0.1, -0.05) is 31.5 Å². The van der Waals surface area contributed by atoms with Gasteiger partial charge in [0, 0.05) is 23.7 Å². The first kappa shape index (κ1) is 17.8. The minimum Gasteiger partial charge on any atom is -0.378 e. The van der Waals surface area contributed by atoms with Crippen LogP contribution in [0, 0.1) is 5.92 Å². The zero-order valence-corrected chi connectivity index (χ0v) is 14.3. The van der Waals surface area contributed by atoms with E-state index in [1.54, 1.807) is 29.2 Å². The Labute approximate surface area is 141 Å². The Morgan fingerprint density at radius 3 is 2.61 bits per heavy atom. The zero-order valence-electron chi connectivity index (χ0n) is 13.5. The first-order valence-corrected chi connectivity index (χ1v) is 8.28. The number of carbonyl (C=O) groups excluding carboxylic acids is 2. The van der Waals surface area contributed by atoms with Gasteiger partial charge in [0.25, 0.3) is 5.91 Å². The summed E-state index contributed by atoms with van der Waals surface area (Å²) in [5.74, 6) is -0.0261. The first-order valence-electron chi connectivity index (χ1n) is 7.90. The Morgan fingerprint density at radius 1 is 1.30 bits per heavy atom. The van der Waals surface area contributed by atoms with Crippen LogP contribution in [0.25, 0.3) is 0 Å². The van der Waals surface area contributed by atoms with Crippen molar-refractivity contribution in [2.24, 2.45) is 5.92 Å². The molecule has 0 aromatic heterocycles. The van der Waals surface area contributed by atoms with Gasteiger partial charge in [-0.15, -0.1) is 0 Å². The Hall–Kier alpha value is -1.59. The van der Waals surface area contributed by atoms with E-state index >= 15 is 0 Å². The Bertz CT molecular complexity index is 557. The van der Waals surface area contributed by atoms with Crippen LogP contribution in [-0.4, -0.2) is 49.1 Å². The third-order valence-corrected chi connectivity index (χ3v) is 3.96. The Kier molecular flexibility index (Phi) is 6.42. The molecular weight excluding hydrogens is 316 g/mol. The van der Waals surface area contributed by atoms with Gasteiger partial charge in [-0.2, -0.15) is 0 Å². The fourth-order valence-corrected chi connectivity index (χ4v) is 2.76. The van der Waals surface area contributed by atoms with Crippen molar-refractivity contribution in [2.75, 3.05) is 26.3 Å². The summed E-state index contributed by atoms with van der Waals surface area (Å²) < 4.78 is 5.28. The van der Waals surface area contributed by atoms with Crippen LogP contribution in [0.4, 0.5) is 0 Å². The highest BCUT2D eigenvalue weighted by molar-refractivity contribution is 6.31. The normalized spacial score (nSPS) is 16.3. The highest BCUT2D eigenvalue weighted by Gasteiger charge is 2.28. The molecule has 0 spiro atoms. The fourth-order valence-electron chi connectivity index (χ4n) is 2.57. The molecule has 5 nitrogen and oxygen atoms in total. The van der Waals surface area contributed by atoms with Crippen LogP contribution < -0.4 is 5.32 Å². The summed E-state index contributed by atoms with van der Waals surface area (Å²) in [5, 5.41) is 3.36. The molecule has 1 aliphatic heterocycles. The molecule has 23 heavy (non-hydrogen) atoms. The van der Waals surface area contributed by atoms with Gasteiger partial charge in [-0.3, -0.25) is 9.59 Å². The van der Waals surface area contributed by atoms with Crippen LogP contribution in [0.3, 0.4) is 0 Å². The number of carbonyl (C=O) groups is 2. The summed E-state index contributed by atoms with van der Waals surface area (Å²) in [7, 11) is 0. The van der Waals surface area contributed by atoms with E-state index in [9.17, 15) is 9.59 Å². The molecule has 1 N–H and O–H groups in total. The lowest BCUT2D eigenvalue weighted by molar-refractivity contribution is -0.137. The van der Waals surface area contributed by atoms with Gasteiger partial charge >= 0.3 is 0 Å². The summed E-state index contributed by atoms with van der Waals surface area (Å²) in [4.78, 5) is 26.9. The van der Waals surface area contributed by atoms with Gasteiger partial charge in [0.2, 0.25) is 5.91 Å². The van der Waals surface area contributed by atoms with Crippen LogP contribution in [0.2, 0.25) is 5.02 Å². The minimum atomic E-state index is -0.528. The number of benzene rings is 1. The highest BCUT2D eigenvalue weighted by atomic mass is 35.5. The molecule has 1 fully saturated rings. The molecule has 0 saturated carbocycles. The molecule has 1 atom stereocenters. The quantitative estimate of drug-likeness (QED) is 0.896. The van der Waals surface area contributed by atoms with Crippen molar-refractivity contribution in [2.45, 2.75) is 26.3 Å². The van der Waals surface area contributed by atoms with Crippen molar-refractivity contribution in [3.63, 3.8) is 0 Å². The second kappa shape index (κ2) is 8.31. The molecule has 2 amide bonds. The van der Waals surface area contributed by atoms with Gasteiger partial charge < -0.3 is 15.0 Å². The molecule has 0 radical (unpaired) electrons. The molecule has 0 aliphatic carbocycles. The zero-order chi connectivity index (χ0) is 16.8. The molecule has 1 aromatic carbocycles. The van der Waals surface area contributed by atoms with E-state index in [0.29, 0.717) is 49.2 Å². The van der Waals surface area contributed by atoms with E-state index in [1.807, 2.05) is 13.8 Å². The fraction of sp³-hybridized carbons (Fsp3) is 0.529. The number of hydrogen-bond acceptors (Lipinski definition) is 3. The standard InChI is InChI=1S/C17H23ClN2O3/c1-12(2)10-15(17(22)20-6-8-23-9-7-20)19-16(21)13-4-3-5-14(18)11-13/h3-5,11-12,15H,6-10H2,1-2H3,(H,19,21)/t15-/m0/s1. The SMILES string of the molecule is CC(C)C[C@H](NC(=O)c1cccc(Cl)c1)C(=O)N1CCOCC1. The molecule has 126 valence electrons. The predicted octanol–water partition coefficient (Wildman–Crippen LogP) is 2.34. The van der Waals surface area contributed by atoms with Gasteiger partial charge in [0.1, 0.15) is 6.04 Å². The van der Waals surface area contributed by atoms with Crippen LogP contribution in [0.5, 0.6) is 0 Å². The van der Waals surface area contributed by atoms with Crippen LogP contribution in [0.15, 0.2) is 24.3 Å². The van der Waals surface area contributed by atoms with Crippen molar-refractivity contribution in [1.29, 1.82) is 0 Å². The van der Waals surface area contributed by atoms with E-state index in [4.69, 9.17) is 16.3 Å². The summed E-state index contributed by atoms with van der Waals surface area (Å²) >= 11 is 5.93. The summed E-state index contributed by atoms with van der Waals surface area (Å²) in [6.07, 6.45) is 0.600. The Balaban J connectivity index is 2.08. The number of morpholine rings is 1. The number of rotatable bonds is 5. The summed E-state index contributed by atoms with van der Waals surface area (Å²) in [5.41, 5.74) is 0.459. The predicted molar refractivity (Wildman–Crippen MR) is 89.6 cm³/mol. The third kappa shape index (κ3) is 5.22. The largest absolute Gasteiger partial charge is 0.378 e. The van der Waals surface area contributed by atoms with E-state index in [0.717, 1.165) is 0 Å². The average molecular weight is 339 g/mol. The molecule has 0 unspecified atom stereocenters. The maximum absolute atomic E-state index is 12.7. The maximum atomic E-state index is 12.7. The second-order valence-corrected chi connectivity index (χ2v) is 6.54. The lowest BCUT2D eigenvalue weighted by atomic mass is 10.0. The average Bonchev–Trinajstić information content (AvgIpc) is 2.54. The van der Waals surface area contributed by atoms with Crippen molar-refractivity contribution >= 4 is 23.4 Å². The van der Waals surface area contributed by atoms with Gasteiger partial charge in [-0.05, 0) is 30.5 Å². The number of halogens is 1. The van der Waals surface area contributed by atoms with E-state index in [1.165, 1.54) is 0 Å². The topological polar surface area (TPSA) is 58.6 Å². The van der Waals surface area contributed by atoms with Gasteiger partial charge in [0.05, 0.1) is 13.2 Å². The van der Waals surface area contributed by atoms with Crippen LogP contribution in [-0.2, 0) is 9.53 Å². The molecule has 1 aromatic rings. The molecular formula is C17H23ClN2O3. The highest BCUT2D eigenvalue weighted by Crippen LogP contribution is 2.13. The Morgan fingerprint density at radius 2 is 2.00 bits per heavy atom. The van der Waals surface area contributed by atoms with E-state index in [-0.39, 0.29) is 11.8 Å². The van der Waals surface area contributed by atoms with Crippen molar-refractivity contribution in [3.05, 3.63) is 34.9 Å². The van der Waals surface area contributed by atoms with Crippen molar-refractivity contribution in [3.8, 4) is 0 Å². The number of ether oxygens (including phenoxy) is 1. The maximum Gasteiger partial charge on any atom is 0.251 e. The number of hydrogen-bond donors (Lipinski definition) is 1. The third-order valence-electron chi connectivity index (χ3n) is 3.72. The monoisotopic (exact) mass is 338 g/mol. The van der Waals surface area contributed by atoms with Crippen molar-refractivity contribution in [1.82, 2.24) is 10.2 Å². The second-order valence-electron chi connectivity index (χ2n) is 6.10. The molecule has 2 rings (SSSR count). The number of nitrogens with one attached hydrogen (secondary N) is 1. The molecule has 0 bridgehead atoms. The van der Waals surface area contributed by atoms with Crippen LogP contribution >= 0.6 is 11.6 Å². The molecule has 1 aliphatic rings. The molecule has 1 saturated heterocycles. The van der Waals surface area contributed by atoms with Gasteiger partial charge in [0.15, 0.2) is 0 Å². The van der Waals surface area contributed by atoms with Gasteiger partial charge in [-0.25, -0.2) is 0 Å². The summed E-state index contributed by atoms with van der Waals surface area (Å²) in [6.45, 7) is 6.29. The first-order chi connectivity index (χ1) is 11.0. The van der Waals surface area contributed by atoms with E-state index < -0.39 is 6.04 Å². The molecule has 1 heterocycles. The van der Waals surface area contributed by atoms with Crippen LogP contribution in [0.1, 0.15) is 30.6 Å².